The SMILES string of the molecule is COc1ccc2c(c1)c(C(=O)Cn1ccc(=O)c(OC)c1C)c(C)n2C. The molecule has 0 aliphatic carbocycles. The molecule has 3 rings (SSSR count). The highest BCUT2D eigenvalue weighted by molar-refractivity contribution is 6.09. The molecule has 136 valence electrons. The van der Waals surface area contributed by atoms with Crippen LogP contribution in [0.1, 0.15) is 21.7 Å². The van der Waals surface area contributed by atoms with Gasteiger partial charge in [0.15, 0.2) is 11.5 Å². The van der Waals surface area contributed by atoms with Crippen LogP contribution < -0.4 is 14.9 Å². The standard InChI is InChI=1S/C20H22N2O4/c1-12-19(15-10-14(25-4)6-7-16(15)21(12)3)18(24)11-22-9-8-17(23)20(26-5)13(22)2/h6-10H,11H2,1-5H3. The quantitative estimate of drug-likeness (QED) is 0.661. The fourth-order valence-corrected chi connectivity index (χ4v) is 3.34. The van der Waals surface area contributed by atoms with Crippen molar-refractivity contribution in [2.75, 3.05) is 14.2 Å². The first-order valence-corrected chi connectivity index (χ1v) is 8.29. The van der Waals surface area contributed by atoms with Crippen LogP contribution >= 0.6 is 0 Å². The third-order valence-electron chi connectivity index (χ3n) is 4.89. The van der Waals surface area contributed by atoms with E-state index >= 15 is 0 Å². The Morgan fingerprint density at radius 1 is 1.08 bits per heavy atom. The summed E-state index contributed by atoms with van der Waals surface area (Å²) in [5, 5.41) is 0.861. The van der Waals surface area contributed by atoms with Gasteiger partial charge in [-0.15, -0.1) is 0 Å². The average molecular weight is 354 g/mol. The van der Waals surface area contributed by atoms with Gasteiger partial charge < -0.3 is 18.6 Å². The summed E-state index contributed by atoms with van der Waals surface area (Å²) in [6, 6.07) is 7.13. The maximum absolute atomic E-state index is 13.1. The van der Waals surface area contributed by atoms with Crippen molar-refractivity contribution in [2.45, 2.75) is 20.4 Å². The number of carbonyl (C=O) groups is 1. The number of rotatable bonds is 5. The molecule has 0 fully saturated rings. The second-order valence-corrected chi connectivity index (χ2v) is 6.25. The number of carbonyl (C=O) groups excluding carboxylic acids is 1. The summed E-state index contributed by atoms with van der Waals surface area (Å²) in [6.07, 6.45) is 1.62. The van der Waals surface area contributed by atoms with Crippen molar-refractivity contribution >= 4 is 16.7 Å². The summed E-state index contributed by atoms with van der Waals surface area (Å²) < 4.78 is 14.2. The van der Waals surface area contributed by atoms with Gasteiger partial charge >= 0.3 is 0 Å². The number of aryl methyl sites for hydroxylation is 1. The first-order valence-electron chi connectivity index (χ1n) is 8.29. The van der Waals surface area contributed by atoms with Gasteiger partial charge in [-0.25, -0.2) is 0 Å². The zero-order chi connectivity index (χ0) is 19.0. The van der Waals surface area contributed by atoms with Crippen molar-refractivity contribution in [3.63, 3.8) is 0 Å². The van der Waals surface area contributed by atoms with E-state index in [2.05, 4.69) is 0 Å². The number of hydrogen-bond acceptors (Lipinski definition) is 4. The van der Waals surface area contributed by atoms with Gasteiger partial charge in [0.2, 0.25) is 5.43 Å². The minimum atomic E-state index is -0.195. The molecule has 0 saturated heterocycles. The fraction of sp³-hybridized carbons (Fsp3) is 0.300. The van der Waals surface area contributed by atoms with Gasteiger partial charge in [0.05, 0.1) is 26.5 Å². The number of ether oxygens (including phenoxy) is 2. The molecule has 3 aromatic rings. The van der Waals surface area contributed by atoms with Crippen LogP contribution in [0, 0.1) is 13.8 Å². The van der Waals surface area contributed by atoms with E-state index in [1.807, 2.05) is 36.7 Å². The molecule has 6 nitrogen and oxygen atoms in total. The van der Waals surface area contributed by atoms with E-state index in [-0.39, 0.29) is 23.5 Å². The number of fused-ring (bicyclic) bond motifs is 1. The average Bonchev–Trinajstić information content (AvgIpc) is 2.88. The molecule has 6 heteroatoms. The summed E-state index contributed by atoms with van der Waals surface area (Å²) in [5.41, 5.74) is 2.96. The van der Waals surface area contributed by atoms with Gasteiger partial charge in [-0.2, -0.15) is 0 Å². The van der Waals surface area contributed by atoms with Gasteiger partial charge in [0.1, 0.15) is 5.75 Å². The molecule has 0 unspecified atom stereocenters. The number of benzene rings is 1. The Morgan fingerprint density at radius 3 is 2.46 bits per heavy atom. The smallest absolute Gasteiger partial charge is 0.223 e. The molecule has 0 aliphatic rings. The third kappa shape index (κ3) is 2.77. The molecule has 0 bridgehead atoms. The Morgan fingerprint density at radius 2 is 1.81 bits per heavy atom. The predicted octanol–water partition coefficient (Wildman–Crippen LogP) is 2.86. The van der Waals surface area contributed by atoms with Crippen LogP contribution in [-0.2, 0) is 13.6 Å². The first kappa shape index (κ1) is 17.8. The van der Waals surface area contributed by atoms with Crippen LogP contribution in [0.4, 0.5) is 0 Å². The lowest BCUT2D eigenvalue weighted by atomic mass is 10.1. The summed E-state index contributed by atoms with van der Waals surface area (Å²) in [7, 11) is 5.00. The van der Waals surface area contributed by atoms with E-state index in [0.717, 1.165) is 16.6 Å². The lowest BCUT2D eigenvalue weighted by molar-refractivity contribution is 0.0971. The van der Waals surface area contributed by atoms with Gasteiger partial charge in [-0.1, -0.05) is 0 Å². The van der Waals surface area contributed by atoms with Crippen LogP contribution in [0.25, 0.3) is 10.9 Å². The monoisotopic (exact) mass is 354 g/mol. The maximum Gasteiger partial charge on any atom is 0.223 e. The van der Waals surface area contributed by atoms with Crippen LogP contribution in [0.15, 0.2) is 35.3 Å². The van der Waals surface area contributed by atoms with E-state index in [1.54, 1.807) is 24.8 Å². The Kier molecular flexibility index (Phi) is 4.59. The second-order valence-electron chi connectivity index (χ2n) is 6.25. The number of pyridine rings is 1. The minimum absolute atomic E-state index is 0.0323. The molecule has 0 spiro atoms. The zero-order valence-electron chi connectivity index (χ0n) is 15.6. The largest absolute Gasteiger partial charge is 0.497 e. The van der Waals surface area contributed by atoms with Crippen molar-refractivity contribution in [2.24, 2.45) is 7.05 Å². The topological polar surface area (TPSA) is 62.5 Å². The van der Waals surface area contributed by atoms with E-state index in [1.165, 1.54) is 13.2 Å². The molecule has 0 atom stereocenters. The van der Waals surface area contributed by atoms with Gasteiger partial charge in [-0.3, -0.25) is 9.59 Å². The summed E-state index contributed by atoms with van der Waals surface area (Å²) in [4.78, 5) is 24.9. The van der Waals surface area contributed by atoms with Crippen LogP contribution in [0.5, 0.6) is 11.5 Å². The number of Topliss-reactive ketones (excluding diaryl/α,β-unsaturated/α-hetero) is 1. The molecule has 26 heavy (non-hydrogen) atoms. The number of aromatic nitrogens is 2. The Balaban J connectivity index is 2.09. The molecule has 0 saturated carbocycles. The normalized spacial score (nSPS) is 11.0. The molecule has 0 radical (unpaired) electrons. The van der Waals surface area contributed by atoms with Gasteiger partial charge in [0, 0.05) is 41.5 Å². The summed E-state index contributed by atoms with van der Waals surface area (Å²) in [6.45, 7) is 3.82. The van der Waals surface area contributed by atoms with Crippen molar-refractivity contribution in [3.05, 3.63) is 57.6 Å². The number of ketones is 1. The highest BCUT2D eigenvalue weighted by Gasteiger charge is 2.20. The lowest BCUT2D eigenvalue weighted by Crippen LogP contribution is -2.18. The predicted molar refractivity (Wildman–Crippen MR) is 101 cm³/mol. The highest BCUT2D eigenvalue weighted by Crippen LogP contribution is 2.29. The minimum Gasteiger partial charge on any atom is -0.497 e. The summed E-state index contributed by atoms with van der Waals surface area (Å²) in [5.74, 6) is 0.935. The molecular formula is C20H22N2O4. The first-order chi connectivity index (χ1) is 12.4. The molecule has 2 aromatic heterocycles. The molecule has 0 amide bonds. The molecule has 2 heterocycles. The third-order valence-corrected chi connectivity index (χ3v) is 4.89. The lowest BCUT2D eigenvalue weighted by Gasteiger charge is -2.13. The molecule has 0 aliphatic heterocycles. The Bertz CT molecular complexity index is 1060. The van der Waals surface area contributed by atoms with Crippen molar-refractivity contribution < 1.29 is 14.3 Å². The molecular weight excluding hydrogens is 332 g/mol. The molecule has 1 aromatic carbocycles. The number of methoxy groups -OCH3 is 2. The van der Waals surface area contributed by atoms with Gasteiger partial charge in [0.25, 0.3) is 0 Å². The Labute approximate surface area is 151 Å². The van der Waals surface area contributed by atoms with Gasteiger partial charge in [-0.05, 0) is 32.0 Å². The molecule has 0 N–H and O–H groups in total. The number of nitrogens with zero attached hydrogens (tertiary/aromatic N) is 2. The highest BCUT2D eigenvalue weighted by atomic mass is 16.5. The van der Waals surface area contributed by atoms with E-state index in [4.69, 9.17) is 9.47 Å². The maximum atomic E-state index is 13.1. The fourth-order valence-electron chi connectivity index (χ4n) is 3.34. The van der Waals surface area contributed by atoms with E-state index < -0.39 is 0 Å². The van der Waals surface area contributed by atoms with Crippen molar-refractivity contribution in [1.82, 2.24) is 9.13 Å². The Hall–Kier alpha value is -3.02. The summed E-state index contributed by atoms with van der Waals surface area (Å²) >= 11 is 0. The zero-order valence-corrected chi connectivity index (χ0v) is 15.6. The van der Waals surface area contributed by atoms with Crippen molar-refractivity contribution in [1.29, 1.82) is 0 Å². The van der Waals surface area contributed by atoms with Crippen LogP contribution in [0.3, 0.4) is 0 Å². The van der Waals surface area contributed by atoms with Crippen LogP contribution in [-0.4, -0.2) is 29.1 Å². The number of hydrogen-bond donors (Lipinski definition) is 0. The van der Waals surface area contributed by atoms with E-state index in [0.29, 0.717) is 17.0 Å². The second kappa shape index (κ2) is 6.71. The van der Waals surface area contributed by atoms with Crippen molar-refractivity contribution in [3.8, 4) is 11.5 Å². The van der Waals surface area contributed by atoms with E-state index in [9.17, 15) is 9.59 Å². The van der Waals surface area contributed by atoms with Crippen LogP contribution in [0.2, 0.25) is 0 Å².